The number of rotatable bonds is 4. The Hall–Kier alpha value is -2.34. The quantitative estimate of drug-likeness (QED) is 0.801. The highest BCUT2D eigenvalue weighted by Gasteiger charge is 2.14. The number of hydrogen-bond acceptors (Lipinski definition) is 4. The number of aromatic nitrogens is 1. The first-order chi connectivity index (χ1) is 10.4. The Bertz CT molecular complexity index is 929. The van der Waals surface area contributed by atoms with Gasteiger partial charge in [0.15, 0.2) is 11.5 Å². The van der Waals surface area contributed by atoms with Crippen LogP contribution in [0.1, 0.15) is 17.0 Å². The number of nitrogens with one attached hydrogen (secondary N) is 1. The van der Waals surface area contributed by atoms with Crippen molar-refractivity contribution in [1.82, 2.24) is 4.98 Å². The van der Waals surface area contributed by atoms with Gasteiger partial charge in [0, 0.05) is 6.92 Å². The lowest BCUT2D eigenvalue weighted by Gasteiger charge is -2.09. The molecule has 114 valence electrons. The average Bonchev–Trinajstić information content (AvgIpc) is 2.80. The number of fused-ring (bicyclic) bond motifs is 1. The molecule has 0 aliphatic rings. The summed E-state index contributed by atoms with van der Waals surface area (Å²) in [6, 6.07) is 12.5. The van der Waals surface area contributed by atoms with E-state index in [1.54, 1.807) is 25.1 Å². The van der Waals surface area contributed by atoms with Gasteiger partial charge in [-0.3, -0.25) is 4.72 Å². The SMILES string of the molecule is Cc1nc2cc(NS(=O)(=O)Cc3ccccc3C)ccc2o1. The summed E-state index contributed by atoms with van der Waals surface area (Å²) >= 11 is 0. The van der Waals surface area contributed by atoms with Crippen LogP contribution in [0.5, 0.6) is 0 Å². The highest BCUT2D eigenvalue weighted by Crippen LogP contribution is 2.21. The largest absolute Gasteiger partial charge is 0.441 e. The minimum atomic E-state index is -3.48. The maximum atomic E-state index is 12.3. The van der Waals surface area contributed by atoms with E-state index in [9.17, 15) is 8.42 Å². The summed E-state index contributed by atoms with van der Waals surface area (Å²) in [6.45, 7) is 3.65. The third-order valence-corrected chi connectivity index (χ3v) is 4.61. The lowest BCUT2D eigenvalue weighted by Crippen LogP contribution is -2.15. The van der Waals surface area contributed by atoms with E-state index in [0.717, 1.165) is 11.1 Å². The molecule has 1 heterocycles. The van der Waals surface area contributed by atoms with E-state index in [2.05, 4.69) is 9.71 Å². The number of nitrogens with zero attached hydrogens (tertiary/aromatic N) is 1. The third-order valence-electron chi connectivity index (χ3n) is 3.37. The number of benzene rings is 2. The maximum Gasteiger partial charge on any atom is 0.236 e. The van der Waals surface area contributed by atoms with E-state index < -0.39 is 10.0 Å². The topological polar surface area (TPSA) is 72.2 Å². The lowest BCUT2D eigenvalue weighted by atomic mass is 10.1. The van der Waals surface area contributed by atoms with Gasteiger partial charge < -0.3 is 4.42 Å². The molecule has 3 aromatic rings. The molecule has 0 unspecified atom stereocenters. The van der Waals surface area contributed by atoms with Gasteiger partial charge in [-0.15, -0.1) is 0 Å². The molecule has 0 saturated heterocycles. The lowest BCUT2D eigenvalue weighted by molar-refractivity contribution is 0.561. The average molecular weight is 316 g/mol. The van der Waals surface area contributed by atoms with Gasteiger partial charge in [-0.05, 0) is 36.2 Å². The number of anilines is 1. The number of aryl methyl sites for hydroxylation is 2. The van der Waals surface area contributed by atoms with Crippen molar-refractivity contribution in [2.24, 2.45) is 0 Å². The van der Waals surface area contributed by atoms with Gasteiger partial charge in [-0.1, -0.05) is 24.3 Å². The van der Waals surface area contributed by atoms with Crippen molar-refractivity contribution in [1.29, 1.82) is 0 Å². The van der Waals surface area contributed by atoms with Crippen LogP contribution < -0.4 is 4.72 Å². The predicted octanol–water partition coefficient (Wildman–Crippen LogP) is 3.39. The standard InChI is InChI=1S/C16H16N2O3S/c1-11-5-3-4-6-13(11)10-22(19,20)18-14-7-8-16-15(9-14)17-12(2)21-16/h3-9,18H,10H2,1-2H3. The molecule has 0 bridgehead atoms. The van der Waals surface area contributed by atoms with Crippen LogP contribution in [0, 0.1) is 13.8 Å². The molecular weight excluding hydrogens is 300 g/mol. The van der Waals surface area contributed by atoms with E-state index >= 15 is 0 Å². The zero-order valence-corrected chi connectivity index (χ0v) is 13.1. The van der Waals surface area contributed by atoms with Crippen molar-refractivity contribution in [3.63, 3.8) is 0 Å². The minimum absolute atomic E-state index is 0.0600. The molecule has 1 aromatic heterocycles. The second kappa shape index (κ2) is 5.46. The van der Waals surface area contributed by atoms with Crippen LogP contribution >= 0.6 is 0 Å². The van der Waals surface area contributed by atoms with Gasteiger partial charge >= 0.3 is 0 Å². The van der Waals surface area contributed by atoms with Gasteiger partial charge in [0.2, 0.25) is 10.0 Å². The molecule has 0 aliphatic heterocycles. The van der Waals surface area contributed by atoms with Crippen LogP contribution in [-0.4, -0.2) is 13.4 Å². The molecule has 0 radical (unpaired) electrons. The summed E-state index contributed by atoms with van der Waals surface area (Å²) in [4.78, 5) is 4.20. The van der Waals surface area contributed by atoms with Crippen molar-refractivity contribution in [3.8, 4) is 0 Å². The Balaban J connectivity index is 1.85. The molecule has 0 spiro atoms. The van der Waals surface area contributed by atoms with Crippen molar-refractivity contribution in [3.05, 3.63) is 59.5 Å². The summed E-state index contributed by atoms with van der Waals surface area (Å²) < 4.78 is 32.6. The van der Waals surface area contributed by atoms with Crippen LogP contribution in [0.4, 0.5) is 5.69 Å². The Labute approximate surface area is 129 Å². The molecule has 6 heteroatoms. The van der Waals surface area contributed by atoms with Gasteiger partial charge in [0.25, 0.3) is 0 Å². The second-order valence-electron chi connectivity index (χ2n) is 5.20. The summed E-state index contributed by atoms with van der Waals surface area (Å²) in [5.41, 5.74) is 3.49. The molecule has 5 nitrogen and oxygen atoms in total. The molecule has 0 aliphatic carbocycles. The normalized spacial score (nSPS) is 11.7. The fourth-order valence-electron chi connectivity index (χ4n) is 2.30. The van der Waals surface area contributed by atoms with Crippen molar-refractivity contribution < 1.29 is 12.8 Å². The Morgan fingerprint density at radius 1 is 1.14 bits per heavy atom. The Morgan fingerprint density at radius 3 is 2.68 bits per heavy atom. The molecule has 0 amide bonds. The first-order valence-electron chi connectivity index (χ1n) is 6.85. The highest BCUT2D eigenvalue weighted by atomic mass is 32.2. The van der Waals surface area contributed by atoms with Gasteiger partial charge in [-0.25, -0.2) is 13.4 Å². The molecular formula is C16H16N2O3S. The van der Waals surface area contributed by atoms with E-state index in [1.807, 2.05) is 31.2 Å². The predicted molar refractivity (Wildman–Crippen MR) is 86.2 cm³/mol. The zero-order chi connectivity index (χ0) is 15.7. The first-order valence-corrected chi connectivity index (χ1v) is 8.50. The van der Waals surface area contributed by atoms with Crippen LogP contribution in [0.25, 0.3) is 11.1 Å². The maximum absolute atomic E-state index is 12.3. The van der Waals surface area contributed by atoms with Crippen LogP contribution in [0.2, 0.25) is 0 Å². The molecule has 1 N–H and O–H groups in total. The number of sulfonamides is 1. The molecule has 2 aromatic carbocycles. The van der Waals surface area contributed by atoms with E-state index in [1.165, 1.54) is 0 Å². The Kier molecular flexibility index (Phi) is 3.62. The molecule has 0 fully saturated rings. The van der Waals surface area contributed by atoms with E-state index in [-0.39, 0.29) is 5.75 Å². The number of hydrogen-bond donors (Lipinski definition) is 1. The summed E-state index contributed by atoms with van der Waals surface area (Å²) in [5.74, 6) is 0.491. The zero-order valence-electron chi connectivity index (χ0n) is 12.3. The van der Waals surface area contributed by atoms with Gasteiger partial charge in [0.05, 0.1) is 11.4 Å². The monoisotopic (exact) mass is 316 g/mol. The Morgan fingerprint density at radius 2 is 1.91 bits per heavy atom. The smallest absolute Gasteiger partial charge is 0.236 e. The highest BCUT2D eigenvalue weighted by molar-refractivity contribution is 7.91. The van der Waals surface area contributed by atoms with Crippen LogP contribution in [0.3, 0.4) is 0 Å². The summed E-state index contributed by atoms with van der Waals surface area (Å²) in [7, 11) is -3.48. The van der Waals surface area contributed by atoms with Gasteiger partial charge in [-0.2, -0.15) is 0 Å². The van der Waals surface area contributed by atoms with E-state index in [4.69, 9.17) is 4.42 Å². The van der Waals surface area contributed by atoms with Gasteiger partial charge in [0.1, 0.15) is 5.52 Å². The summed E-state index contributed by atoms with van der Waals surface area (Å²) in [6.07, 6.45) is 0. The van der Waals surface area contributed by atoms with E-state index in [0.29, 0.717) is 22.7 Å². The first kappa shape index (κ1) is 14.6. The third kappa shape index (κ3) is 3.12. The van der Waals surface area contributed by atoms with Crippen LogP contribution in [0.15, 0.2) is 46.9 Å². The molecule has 0 atom stereocenters. The number of oxazole rings is 1. The summed E-state index contributed by atoms with van der Waals surface area (Å²) in [5, 5.41) is 0. The van der Waals surface area contributed by atoms with Crippen molar-refractivity contribution in [2.75, 3.05) is 4.72 Å². The molecule has 0 saturated carbocycles. The van der Waals surface area contributed by atoms with Crippen LogP contribution in [-0.2, 0) is 15.8 Å². The van der Waals surface area contributed by atoms with Crippen molar-refractivity contribution >= 4 is 26.8 Å². The fourth-order valence-corrected chi connectivity index (χ4v) is 3.59. The molecule has 22 heavy (non-hydrogen) atoms. The van der Waals surface area contributed by atoms with Crippen molar-refractivity contribution in [2.45, 2.75) is 19.6 Å². The molecule has 3 rings (SSSR count). The fraction of sp³-hybridized carbons (Fsp3) is 0.188. The second-order valence-corrected chi connectivity index (χ2v) is 6.93. The minimum Gasteiger partial charge on any atom is -0.441 e.